The van der Waals surface area contributed by atoms with Crippen LogP contribution in [0.3, 0.4) is 0 Å². The van der Waals surface area contributed by atoms with Crippen molar-refractivity contribution < 1.29 is 13.2 Å². The summed E-state index contributed by atoms with van der Waals surface area (Å²) in [4.78, 5) is 11.6. The highest BCUT2D eigenvalue weighted by Crippen LogP contribution is 2.43. The molecule has 0 saturated heterocycles. The van der Waals surface area contributed by atoms with E-state index in [4.69, 9.17) is 0 Å². The Morgan fingerprint density at radius 3 is 2.23 bits per heavy atom. The average molecular weight is 334 g/mol. The molecule has 0 unspecified atom stereocenters. The van der Waals surface area contributed by atoms with Crippen LogP contribution in [-0.4, -0.2) is 22.5 Å². The Bertz CT molecular complexity index is 317. The molecule has 0 bridgehead atoms. The Morgan fingerprint density at radius 1 is 1.46 bits per heavy atom. The number of rotatable bonds is 4. The summed E-state index contributed by atoms with van der Waals surface area (Å²) in [7, 11) is -3.42. The molecule has 0 heterocycles. The molecular weight excluding hydrogens is 324 g/mol. The van der Waals surface area contributed by atoms with Crippen molar-refractivity contribution in [1.82, 2.24) is 0 Å². The third-order valence-corrected chi connectivity index (χ3v) is 7.49. The van der Waals surface area contributed by atoms with Crippen LogP contribution in [0.5, 0.6) is 0 Å². The summed E-state index contributed by atoms with van der Waals surface area (Å²) < 4.78 is 21.4. The van der Waals surface area contributed by atoms with E-state index < -0.39 is 12.4 Å². The van der Waals surface area contributed by atoms with Gasteiger partial charge in [-0.15, -0.1) is 0 Å². The van der Waals surface area contributed by atoms with Crippen LogP contribution in [0, 0.1) is 5.92 Å². The van der Waals surface area contributed by atoms with E-state index in [0.717, 1.165) is 12.8 Å². The normalized spacial score (nSPS) is 18.7. The molecule has 1 aliphatic carbocycles. The summed E-state index contributed by atoms with van der Waals surface area (Å²) in [6, 6.07) is 0. The molecule has 0 radical (unpaired) electrons. The van der Waals surface area contributed by atoms with Crippen LogP contribution in [0.15, 0.2) is 0 Å². The third-order valence-electron chi connectivity index (χ3n) is 2.01. The van der Waals surface area contributed by atoms with Crippen LogP contribution in [0.4, 0.5) is 0 Å². The van der Waals surface area contributed by atoms with Gasteiger partial charge in [-0.3, -0.25) is 4.79 Å². The van der Waals surface area contributed by atoms with Gasteiger partial charge in [0.2, 0.25) is 2.57 Å². The third kappa shape index (κ3) is 2.15. The maximum Gasteiger partial charge on any atom is 0.238 e. The summed E-state index contributed by atoms with van der Waals surface area (Å²) in [5.41, 5.74) is 0. The van der Waals surface area contributed by atoms with Crippen LogP contribution in [0.1, 0.15) is 19.8 Å². The molecule has 13 heavy (non-hydrogen) atoms. The Hall–Kier alpha value is 0.580. The molecule has 1 rings (SSSR count). The number of halogens is 2. The fourth-order valence-corrected chi connectivity index (χ4v) is 3.77. The number of alkyl halides is 2. The van der Waals surface area contributed by atoms with E-state index in [-0.39, 0.29) is 17.5 Å². The van der Waals surface area contributed by atoms with Gasteiger partial charge in [-0.2, -0.15) is 0 Å². The van der Waals surface area contributed by atoms with Gasteiger partial charge in [0.1, 0.15) is 0 Å². The number of hydrogen-bond acceptors (Lipinski definition) is 3. The lowest BCUT2D eigenvalue weighted by Gasteiger charge is -2.17. The lowest BCUT2D eigenvalue weighted by molar-refractivity contribution is -0.118. The van der Waals surface area contributed by atoms with Gasteiger partial charge in [-0.25, -0.2) is 8.42 Å². The maximum absolute atomic E-state index is 11.6. The standard InChI is InChI=1S/C7H10Br2O3S/c1-2-13(11,12)7(8,9)6(10)5-3-4-5/h5H,2-4H2,1H3. The zero-order valence-corrected chi connectivity index (χ0v) is 11.1. The predicted octanol–water partition coefficient (Wildman–Crippen LogP) is 1.84. The fraction of sp³-hybridized carbons (Fsp3) is 0.857. The molecule has 0 aromatic rings. The van der Waals surface area contributed by atoms with Gasteiger partial charge in [0.05, 0.1) is 5.75 Å². The molecule has 0 aromatic heterocycles. The number of carbonyl (C=O) groups excluding carboxylic acids is 1. The zero-order valence-electron chi connectivity index (χ0n) is 7.09. The number of hydrogen-bond donors (Lipinski definition) is 0. The zero-order chi connectivity index (χ0) is 10.3. The highest BCUT2D eigenvalue weighted by molar-refractivity contribution is 9.28. The molecule has 0 N–H and O–H groups in total. The minimum atomic E-state index is -3.42. The smallest absolute Gasteiger partial charge is 0.238 e. The Balaban J connectivity index is 2.92. The minimum absolute atomic E-state index is 0.0536. The molecular formula is C7H10Br2O3S. The largest absolute Gasteiger partial charge is 0.296 e. The number of sulfone groups is 1. The monoisotopic (exact) mass is 332 g/mol. The Labute approximate surface area is 94.4 Å². The summed E-state index contributed by atoms with van der Waals surface area (Å²) in [5.74, 6) is -0.406. The van der Waals surface area contributed by atoms with Crippen LogP contribution in [-0.2, 0) is 14.6 Å². The second kappa shape index (κ2) is 3.62. The van der Waals surface area contributed by atoms with Crippen LogP contribution < -0.4 is 0 Å². The minimum Gasteiger partial charge on any atom is -0.296 e. The number of carbonyl (C=O) groups is 1. The summed E-state index contributed by atoms with van der Waals surface area (Å²) in [6.07, 6.45) is 1.61. The quantitative estimate of drug-likeness (QED) is 0.738. The van der Waals surface area contributed by atoms with Crippen molar-refractivity contribution in [3.8, 4) is 0 Å². The van der Waals surface area contributed by atoms with Crippen molar-refractivity contribution in [2.24, 2.45) is 5.92 Å². The second-order valence-electron chi connectivity index (χ2n) is 3.06. The van der Waals surface area contributed by atoms with Gasteiger partial charge in [-0.05, 0) is 44.7 Å². The fourth-order valence-electron chi connectivity index (χ4n) is 0.918. The van der Waals surface area contributed by atoms with Gasteiger partial charge < -0.3 is 0 Å². The summed E-state index contributed by atoms with van der Waals surface area (Å²) >= 11 is 5.90. The van der Waals surface area contributed by atoms with Crippen molar-refractivity contribution >= 4 is 47.5 Å². The molecule has 0 amide bonds. The second-order valence-corrected chi connectivity index (χ2v) is 9.97. The van der Waals surface area contributed by atoms with E-state index in [1.807, 2.05) is 0 Å². The van der Waals surface area contributed by atoms with Crippen molar-refractivity contribution in [1.29, 1.82) is 0 Å². The van der Waals surface area contributed by atoms with Gasteiger partial charge in [0, 0.05) is 5.92 Å². The predicted molar refractivity (Wildman–Crippen MR) is 57.8 cm³/mol. The molecule has 1 fully saturated rings. The van der Waals surface area contributed by atoms with E-state index >= 15 is 0 Å². The van der Waals surface area contributed by atoms with E-state index in [0.29, 0.717) is 0 Å². The van der Waals surface area contributed by atoms with Crippen molar-refractivity contribution in [3.05, 3.63) is 0 Å². The summed E-state index contributed by atoms with van der Waals surface area (Å²) in [6.45, 7) is 1.52. The van der Waals surface area contributed by atoms with Crippen molar-refractivity contribution in [2.75, 3.05) is 5.75 Å². The number of Topliss-reactive ketones (excluding diaryl/α,β-unsaturated/α-hetero) is 1. The van der Waals surface area contributed by atoms with E-state index in [2.05, 4.69) is 31.9 Å². The lowest BCUT2D eigenvalue weighted by atomic mass is 10.3. The highest BCUT2D eigenvalue weighted by Gasteiger charge is 2.50. The summed E-state index contributed by atoms with van der Waals surface area (Å²) in [5, 5.41) is 0. The van der Waals surface area contributed by atoms with Crippen LogP contribution in [0.2, 0.25) is 0 Å². The van der Waals surface area contributed by atoms with Crippen LogP contribution >= 0.6 is 31.9 Å². The molecule has 0 spiro atoms. The Morgan fingerprint density at radius 2 is 1.92 bits per heavy atom. The molecule has 6 heteroatoms. The van der Waals surface area contributed by atoms with Gasteiger partial charge >= 0.3 is 0 Å². The molecule has 0 atom stereocenters. The molecule has 1 aliphatic rings. The topological polar surface area (TPSA) is 51.2 Å². The van der Waals surface area contributed by atoms with Crippen molar-refractivity contribution in [2.45, 2.75) is 22.3 Å². The molecule has 0 aliphatic heterocycles. The first kappa shape index (κ1) is 11.7. The molecule has 0 aromatic carbocycles. The van der Waals surface area contributed by atoms with E-state index in [1.165, 1.54) is 6.92 Å². The first-order valence-electron chi connectivity index (χ1n) is 3.97. The maximum atomic E-state index is 11.6. The van der Waals surface area contributed by atoms with E-state index in [1.54, 1.807) is 0 Å². The lowest BCUT2D eigenvalue weighted by Crippen LogP contribution is -2.36. The average Bonchev–Trinajstić information content (AvgIpc) is 2.85. The van der Waals surface area contributed by atoms with Crippen LogP contribution in [0.25, 0.3) is 0 Å². The highest BCUT2D eigenvalue weighted by atomic mass is 79.9. The van der Waals surface area contributed by atoms with Gasteiger partial charge in [0.15, 0.2) is 15.6 Å². The Kier molecular flexibility index (Phi) is 3.25. The molecule has 3 nitrogen and oxygen atoms in total. The SMILES string of the molecule is CCS(=O)(=O)C(Br)(Br)C(=O)C1CC1. The first-order valence-corrected chi connectivity index (χ1v) is 7.21. The first-order chi connectivity index (χ1) is 5.83. The van der Waals surface area contributed by atoms with Gasteiger partial charge in [-0.1, -0.05) is 6.92 Å². The van der Waals surface area contributed by atoms with E-state index in [9.17, 15) is 13.2 Å². The number of ketones is 1. The van der Waals surface area contributed by atoms with Gasteiger partial charge in [0.25, 0.3) is 0 Å². The molecule has 76 valence electrons. The van der Waals surface area contributed by atoms with Crippen molar-refractivity contribution in [3.63, 3.8) is 0 Å². The molecule has 1 saturated carbocycles.